The Labute approximate surface area is 107 Å². The molecule has 94 valence electrons. The Morgan fingerprint density at radius 1 is 1.41 bits per heavy atom. The summed E-state index contributed by atoms with van der Waals surface area (Å²) in [6, 6.07) is 9.34. The Balaban J connectivity index is 0.00000144. The number of nitrogens with one attached hydrogen (secondary N) is 2. The molecule has 1 aliphatic heterocycles. The SMILES string of the molecule is Cl.O=C(NCC(O)c1ccccc1)C1CNC1. The van der Waals surface area contributed by atoms with E-state index in [0.717, 1.165) is 18.7 Å². The van der Waals surface area contributed by atoms with Crippen LogP contribution in [0.1, 0.15) is 11.7 Å². The molecular formula is C12H17ClN2O2. The molecule has 1 heterocycles. The fourth-order valence-electron chi connectivity index (χ4n) is 1.61. The standard InChI is InChI=1S/C12H16N2O2.ClH/c15-11(9-4-2-1-3-5-9)8-14-12(16)10-6-13-7-10;/h1-5,10-11,13,15H,6-8H2,(H,14,16);1H. The summed E-state index contributed by atoms with van der Waals surface area (Å²) >= 11 is 0. The van der Waals surface area contributed by atoms with Gasteiger partial charge in [0.15, 0.2) is 0 Å². The van der Waals surface area contributed by atoms with Gasteiger partial charge in [-0.3, -0.25) is 4.79 Å². The third-order valence-corrected chi connectivity index (χ3v) is 2.81. The molecule has 0 radical (unpaired) electrons. The van der Waals surface area contributed by atoms with Gasteiger partial charge in [-0.2, -0.15) is 0 Å². The number of aliphatic hydroxyl groups is 1. The Morgan fingerprint density at radius 3 is 2.59 bits per heavy atom. The second-order valence-corrected chi connectivity index (χ2v) is 4.03. The second-order valence-electron chi connectivity index (χ2n) is 4.03. The van der Waals surface area contributed by atoms with E-state index in [1.54, 1.807) is 0 Å². The van der Waals surface area contributed by atoms with Crippen LogP contribution in [0.15, 0.2) is 30.3 Å². The van der Waals surface area contributed by atoms with Gasteiger partial charge >= 0.3 is 0 Å². The molecule has 2 rings (SSSR count). The molecule has 5 heteroatoms. The van der Waals surface area contributed by atoms with E-state index in [1.165, 1.54) is 0 Å². The van der Waals surface area contributed by atoms with E-state index in [9.17, 15) is 9.90 Å². The number of benzene rings is 1. The van der Waals surface area contributed by atoms with Crippen molar-refractivity contribution in [2.45, 2.75) is 6.10 Å². The van der Waals surface area contributed by atoms with Crippen molar-refractivity contribution in [1.82, 2.24) is 10.6 Å². The van der Waals surface area contributed by atoms with Crippen molar-refractivity contribution in [2.75, 3.05) is 19.6 Å². The zero-order valence-electron chi connectivity index (χ0n) is 9.43. The molecule has 4 nitrogen and oxygen atoms in total. The molecule has 1 aromatic carbocycles. The number of aliphatic hydroxyl groups excluding tert-OH is 1. The van der Waals surface area contributed by atoms with E-state index in [0.29, 0.717) is 0 Å². The maximum Gasteiger partial charge on any atom is 0.225 e. The smallest absolute Gasteiger partial charge is 0.225 e. The van der Waals surface area contributed by atoms with E-state index in [4.69, 9.17) is 0 Å². The lowest BCUT2D eigenvalue weighted by molar-refractivity contribution is -0.126. The topological polar surface area (TPSA) is 61.4 Å². The number of carbonyl (C=O) groups is 1. The summed E-state index contributed by atoms with van der Waals surface area (Å²) in [6.45, 7) is 1.76. The van der Waals surface area contributed by atoms with Crippen molar-refractivity contribution >= 4 is 18.3 Å². The normalized spacial score (nSPS) is 16.5. The van der Waals surface area contributed by atoms with Crippen LogP contribution in [0.2, 0.25) is 0 Å². The van der Waals surface area contributed by atoms with Crippen LogP contribution in [-0.2, 0) is 4.79 Å². The van der Waals surface area contributed by atoms with Crippen molar-refractivity contribution in [3.8, 4) is 0 Å². The molecule has 3 N–H and O–H groups in total. The van der Waals surface area contributed by atoms with Crippen molar-refractivity contribution in [2.24, 2.45) is 5.92 Å². The highest BCUT2D eigenvalue weighted by atomic mass is 35.5. The lowest BCUT2D eigenvalue weighted by Gasteiger charge is -2.26. The summed E-state index contributed by atoms with van der Waals surface area (Å²) in [7, 11) is 0. The zero-order chi connectivity index (χ0) is 11.4. The van der Waals surface area contributed by atoms with Crippen molar-refractivity contribution in [1.29, 1.82) is 0 Å². The minimum absolute atomic E-state index is 0. The van der Waals surface area contributed by atoms with Gasteiger partial charge in [0.25, 0.3) is 0 Å². The average Bonchev–Trinajstić information content (AvgIpc) is 2.25. The van der Waals surface area contributed by atoms with Crippen LogP contribution in [0.4, 0.5) is 0 Å². The molecule has 1 aliphatic rings. The van der Waals surface area contributed by atoms with Crippen LogP contribution < -0.4 is 10.6 Å². The largest absolute Gasteiger partial charge is 0.387 e. The first-order valence-corrected chi connectivity index (χ1v) is 5.49. The molecule has 1 amide bonds. The monoisotopic (exact) mass is 256 g/mol. The van der Waals surface area contributed by atoms with Gasteiger partial charge in [0, 0.05) is 19.6 Å². The highest BCUT2D eigenvalue weighted by Crippen LogP contribution is 2.11. The highest BCUT2D eigenvalue weighted by Gasteiger charge is 2.24. The molecule has 1 saturated heterocycles. The number of hydrogen-bond donors (Lipinski definition) is 3. The molecular weight excluding hydrogens is 240 g/mol. The fraction of sp³-hybridized carbons (Fsp3) is 0.417. The predicted molar refractivity (Wildman–Crippen MR) is 68.0 cm³/mol. The van der Waals surface area contributed by atoms with Gasteiger partial charge in [0.05, 0.1) is 12.0 Å². The average molecular weight is 257 g/mol. The minimum atomic E-state index is -0.627. The molecule has 1 atom stereocenters. The van der Waals surface area contributed by atoms with Gasteiger partial charge in [-0.05, 0) is 5.56 Å². The van der Waals surface area contributed by atoms with E-state index >= 15 is 0 Å². The van der Waals surface area contributed by atoms with Gasteiger partial charge in [-0.25, -0.2) is 0 Å². The van der Waals surface area contributed by atoms with E-state index in [1.807, 2.05) is 30.3 Å². The van der Waals surface area contributed by atoms with Crippen molar-refractivity contribution < 1.29 is 9.90 Å². The van der Waals surface area contributed by atoms with Gasteiger partial charge in [0.1, 0.15) is 0 Å². The lowest BCUT2D eigenvalue weighted by atomic mass is 10.0. The quantitative estimate of drug-likeness (QED) is 0.734. The second kappa shape index (κ2) is 6.59. The van der Waals surface area contributed by atoms with Crippen LogP contribution in [0, 0.1) is 5.92 Å². The van der Waals surface area contributed by atoms with Gasteiger partial charge in [-0.15, -0.1) is 12.4 Å². The Hall–Kier alpha value is -1.10. The van der Waals surface area contributed by atoms with Gasteiger partial charge in [0.2, 0.25) is 5.91 Å². The van der Waals surface area contributed by atoms with Crippen LogP contribution in [-0.4, -0.2) is 30.6 Å². The van der Waals surface area contributed by atoms with Crippen LogP contribution >= 0.6 is 12.4 Å². The van der Waals surface area contributed by atoms with E-state index in [2.05, 4.69) is 10.6 Å². The minimum Gasteiger partial charge on any atom is -0.387 e. The Kier molecular flexibility index (Phi) is 5.41. The van der Waals surface area contributed by atoms with Crippen LogP contribution in [0.5, 0.6) is 0 Å². The molecule has 0 aliphatic carbocycles. The van der Waals surface area contributed by atoms with Crippen LogP contribution in [0.25, 0.3) is 0 Å². The number of hydrogen-bond acceptors (Lipinski definition) is 3. The zero-order valence-corrected chi connectivity index (χ0v) is 10.2. The van der Waals surface area contributed by atoms with Crippen molar-refractivity contribution in [3.63, 3.8) is 0 Å². The van der Waals surface area contributed by atoms with E-state index in [-0.39, 0.29) is 30.8 Å². The fourth-order valence-corrected chi connectivity index (χ4v) is 1.61. The number of carbonyl (C=O) groups excluding carboxylic acids is 1. The summed E-state index contributed by atoms with van der Waals surface area (Å²) in [6.07, 6.45) is -0.627. The summed E-state index contributed by atoms with van der Waals surface area (Å²) in [4.78, 5) is 11.5. The Morgan fingerprint density at radius 2 is 2.06 bits per heavy atom. The molecule has 1 fully saturated rings. The first-order valence-electron chi connectivity index (χ1n) is 5.49. The molecule has 1 aromatic rings. The third kappa shape index (κ3) is 3.70. The van der Waals surface area contributed by atoms with E-state index < -0.39 is 6.10 Å². The first-order chi connectivity index (χ1) is 7.77. The molecule has 1 unspecified atom stereocenters. The summed E-state index contributed by atoms with van der Waals surface area (Å²) in [5, 5.41) is 15.6. The molecule has 0 saturated carbocycles. The summed E-state index contributed by atoms with van der Waals surface area (Å²) in [5.41, 5.74) is 0.828. The molecule has 17 heavy (non-hydrogen) atoms. The molecule has 0 spiro atoms. The third-order valence-electron chi connectivity index (χ3n) is 2.81. The predicted octanol–water partition coefficient (Wildman–Crippen LogP) is 0.477. The maximum absolute atomic E-state index is 11.5. The van der Waals surface area contributed by atoms with Crippen molar-refractivity contribution in [3.05, 3.63) is 35.9 Å². The van der Waals surface area contributed by atoms with Gasteiger partial charge in [-0.1, -0.05) is 30.3 Å². The molecule has 0 aromatic heterocycles. The number of rotatable bonds is 4. The number of halogens is 1. The van der Waals surface area contributed by atoms with Gasteiger partial charge < -0.3 is 15.7 Å². The first kappa shape index (κ1) is 14.0. The summed E-state index contributed by atoms with van der Waals surface area (Å²) < 4.78 is 0. The molecule has 0 bridgehead atoms. The lowest BCUT2D eigenvalue weighted by Crippen LogP contribution is -2.51. The highest BCUT2D eigenvalue weighted by molar-refractivity contribution is 5.85. The Bertz CT molecular complexity index is 355. The summed E-state index contributed by atoms with van der Waals surface area (Å²) in [5.74, 6) is 0.0942. The van der Waals surface area contributed by atoms with Crippen LogP contribution in [0.3, 0.4) is 0 Å². The maximum atomic E-state index is 11.5. The number of amides is 1.